The van der Waals surface area contributed by atoms with Crippen LogP contribution in [0.25, 0.3) is 11.2 Å². The smallest absolute Gasteiger partial charge is 0.310 e. The molecule has 1 fully saturated rings. The first-order chi connectivity index (χ1) is 15.4. The van der Waals surface area contributed by atoms with Crippen molar-refractivity contribution in [2.24, 2.45) is 0 Å². The van der Waals surface area contributed by atoms with Gasteiger partial charge in [-0.25, -0.2) is 4.98 Å². The van der Waals surface area contributed by atoms with Gasteiger partial charge in [0.05, 0.1) is 12.1 Å². The van der Waals surface area contributed by atoms with E-state index in [-0.39, 0.29) is 30.2 Å². The number of aliphatic hydroxyl groups excluding tert-OH is 1. The number of hydrogen-bond donors (Lipinski definition) is 3. The van der Waals surface area contributed by atoms with Crippen molar-refractivity contribution in [2.45, 2.75) is 23.7 Å². The van der Waals surface area contributed by atoms with Gasteiger partial charge >= 0.3 is 10.2 Å². The molecule has 0 atom stereocenters. The minimum atomic E-state index is -9.77. The van der Waals surface area contributed by atoms with Crippen molar-refractivity contribution in [3.05, 3.63) is 47.7 Å². The number of halogens is 5. The summed E-state index contributed by atoms with van der Waals surface area (Å²) in [6.45, 7) is 1.01. The number of likely N-dealkylation sites (tertiary alicyclic amines) is 1. The highest BCUT2D eigenvalue weighted by atomic mass is 32.5. The normalized spacial score (nSPS) is 17.6. The number of aromatic amines is 1. The predicted molar refractivity (Wildman–Crippen MR) is 115 cm³/mol. The van der Waals surface area contributed by atoms with E-state index in [0.717, 1.165) is 23.2 Å². The van der Waals surface area contributed by atoms with Gasteiger partial charge in [0.2, 0.25) is 5.95 Å². The van der Waals surface area contributed by atoms with E-state index in [1.807, 2.05) is 6.07 Å². The Labute approximate surface area is 185 Å². The minimum absolute atomic E-state index is 0.0491. The van der Waals surface area contributed by atoms with E-state index >= 15 is 0 Å². The van der Waals surface area contributed by atoms with Crippen LogP contribution < -0.4 is 5.32 Å². The lowest BCUT2D eigenvalue weighted by Crippen LogP contribution is -2.38. The first-order valence-electron chi connectivity index (χ1n) is 10.2. The van der Waals surface area contributed by atoms with Crippen LogP contribution in [-0.4, -0.2) is 57.1 Å². The number of carbonyl (C=O) groups is 1. The van der Waals surface area contributed by atoms with Crippen LogP contribution in [0.15, 0.2) is 41.4 Å². The van der Waals surface area contributed by atoms with Crippen molar-refractivity contribution in [1.29, 1.82) is 0 Å². The molecule has 180 valence electrons. The molecule has 33 heavy (non-hydrogen) atoms. The third kappa shape index (κ3) is 5.03. The summed E-state index contributed by atoms with van der Waals surface area (Å²) in [6.07, 6.45) is 2.85. The van der Waals surface area contributed by atoms with Crippen molar-refractivity contribution < 1.29 is 29.3 Å². The van der Waals surface area contributed by atoms with Gasteiger partial charge in [-0.2, -0.15) is 4.98 Å². The molecule has 0 saturated carbocycles. The van der Waals surface area contributed by atoms with Crippen molar-refractivity contribution >= 4 is 33.2 Å². The molecule has 1 amide bonds. The van der Waals surface area contributed by atoms with Crippen LogP contribution in [-0.2, 0) is 0 Å². The van der Waals surface area contributed by atoms with Gasteiger partial charge in [0.15, 0.2) is 5.65 Å². The number of H-pyrrole nitrogens is 1. The number of rotatable bonds is 6. The van der Waals surface area contributed by atoms with Crippen LogP contribution in [0, 0.1) is 0 Å². The number of piperidine rings is 1. The molecule has 1 aliphatic rings. The number of benzene rings is 1. The van der Waals surface area contributed by atoms with E-state index in [0.29, 0.717) is 44.1 Å². The molecule has 3 N–H and O–H groups in total. The van der Waals surface area contributed by atoms with Gasteiger partial charge in [0.1, 0.15) is 4.90 Å². The fourth-order valence-corrected chi connectivity index (χ4v) is 4.61. The van der Waals surface area contributed by atoms with Gasteiger partial charge in [-0.05, 0) is 54.7 Å². The fourth-order valence-electron chi connectivity index (χ4n) is 3.96. The number of imidazole rings is 1. The van der Waals surface area contributed by atoms with Gasteiger partial charge < -0.3 is 20.3 Å². The second-order valence-electron chi connectivity index (χ2n) is 7.89. The number of aliphatic hydroxyl groups is 1. The highest BCUT2D eigenvalue weighted by Gasteiger charge is 2.65. The molecule has 0 radical (unpaired) electrons. The topological polar surface area (TPSA) is 94.1 Å². The Morgan fingerprint density at radius 1 is 1.12 bits per heavy atom. The molecule has 3 aromatic rings. The second kappa shape index (κ2) is 7.55. The second-order valence-corrected chi connectivity index (χ2v) is 10.3. The molecule has 1 saturated heterocycles. The summed E-state index contributed by atoms with van der Waals surface area (Å²) >= 11 is 0. The van der Waals surface area contributed by atoms with E-state index in [1.54, 1.807) is 6.20 Å². The third-order valence-corrected chi connectivity index (χ3v) is 6.76. The van der Waals surface area contributed by atoms with Crippen LogP contribution in [0.5, 0.6) is 0 Å². The Kier molecular flexibility index (Phi) is 5.32. The zero-order valence-electron chi connectivity index (χ0n) is 17.3. The molecule has 1 aliphatic heterocycles. The number of nitrogens with one attached hydrogen (secondary N) is 2. The van der Waals surface area contributed by atoms with Gasteiger partial charge in [0, 0.05) is 31.4 Å². The molecule has 4 rings (SSSR count). The monoisotopic (exact) mass is 491 g/mol. The summed E-state index contributed by atoms with van der Waals surface area (Å²) in [4.78, 5) is 23.9. The lowest BCUT2D eigenvalue weighted by Gasteiger charge is -2.40. The van der Waals surface area contributed by atoms with Crippen molar-refractivity contribution in [2.75, 3.05) is 31.6 Å². The SMILES string of the molecule is O=C(c1ccc(S(F)(F)(F)(F)F)cc1)N1CCC(c2ccnc3nc(NCCO)[nH]c23)CC1. The average molecular weight is 491 g/mol. The standard InChI is InChI=1S/C20H22F5N5O2S/c21-33(22,23,24,25)15-3-1-14(2-4-15)19(32)30-10-6-13(7-11-30)16-5-8-26-18-17(16)28-20(29-18)27-9-12-31/h1-5,8,13,31H,6-7,9-12H2,(H2,26,27,28,29). The predicted octanol–water partition coefficient (Wildman–Crippen LogP) is 5.04. The highest BCUT2D eigenvalue weighted by molar-refractivity contribution is 8.45. The Bertz CT molecular complexity index is 1180. The maximum absolute atomic E-state index is 12.9. The van der Waals surface area contributed by atoms with Gasteiger partial charge in [-0.1, -0.05) is 19.4 Å². The maximum atomic E-state index is 12.9. The largest absolute Gasteiger partial charge is 0.395 e. The first kappa shape index (κ1) is 23.2. The molecule has 3 heterocycles. The summed E-state index contributed by atoms with van der Waals surface area (Å²) in [5, 5.41) is 11.9. The molecular weight excluding hydrogens is 469 g/mol. The summed E-state index contributed by atoms with van der Waals surface area (Å²) < 4.78 is 64.5. The van der Waals surface area contributed by atoms with E-state index in [1.165, 1.54) is 4.90 Å². The highest BCUT2D eigenvalue weighted by Crippen LogP contribution is 3.02. The Morgan fingerprint density at radius 3 is 2.39 bits per heavy atom. The van der Waals surface area contributed by atoms with Crippen LogP contribution in [0.4, 0.5) is 25.4 Å². The first-order valence-corrected chi connectivity index (χ1v) is 12.1. The quantitative estimate of drug-likeness (QED) is 0.420. The molecular formula is C20H22F5N5O2S. The zero-order chi connectivity index (χ0) is 23.9. The number of nitrogens with zero attached hydrogens (tertiary/aromatic N) is 3. The molecule has 0 bridgehead atoms. The summed E-state index contributed by atoms with van der Waals surface area (Å²) in [7, 11) is -9.77. The number of anilines is 1. The van der Waals surface area contributed by atoms with E-state index in [4.69, 9.17) is 5.11 Å². The van der Waals surface area contributed by atoms with E-state index < -0.39 is 21.0 Å². The number of fused-ring (bicyclic) bond motifs is 1. The summed E-state index contributed by atoms with van der Waals surface area (Å²) in [5.74, 6) is 0.0851. The maximum Gasteiger partial charge on any atom is 0.310 e. The van der Waals surface area contributed by atoms with Gasteiger partial charge in [-0.15, -0.1) is 0 Å². The fraction of sp³-hybridized carbons (Fsp3) is 0.350. The van der Waals surface area contributed by atoms with Gasteiger partial charge in [0.25, 0.3) is 5.91 Å². The van der Waals surface area contributed by atoms with E-state index in [2.05, 4.69) is 20.3 Å². The zero-order valence-corrected chi connectivity index (χ0v) is 18.1. The summed E-state index contributed by atoms with van der Waals surface area (Å²) in [6, 6.07) is 3.97. The molecule has 7 nitrogen and oxygen atoms in total. The molecule has 13 heteroatoms. The molecule has 0 unspecified atom stereocenters. The Morgan fingerprint density at radius 2 is 1.79 bits per heavy atom. The van der Waals surface area contributed by atoms with Gasteiger partial charge in [-0.3, -0.25) is 4.79 Å². The lowest BCUT2D eigenvalue weighted by atomic mass is 9.89. The number of carbonyl (C=O) groups excluding carboxylic acids is 1. The van der Waals surface area contributed by atoms with Crippen molar-refractivity contribution in [1.82, 2.24) is 19.9 Å². The van der Waals surface area contributed by atoms with Crippen LogP contribution in [0.3, 0.4) is 0 Å². The molecule has 1 aromatic carbocycles. The molecule has 2 aromatic heterocycles. The number of hydrogen-bond acceptors (Lipinski definition) is 5. The van der Waals surface area contributed by atoms with Crippen LogP contribution >= 0.6 is 10.2 Å². The van der Waals surface area contributed by atoms with E-state index in [9.17, 15) is 24.2 Å². The molecule has 0 aliphatic carbocycles. The number of pyridine rings is 1. The average Bonchev–Trinajstić information content (AvgIpc) is 3.19. The summed E-state index contributed by atoms with van der Waals surface area (Å²) in [5.41, 5.74) is 2.19. The Balaban J connectivity index is 1.45. The molecule has 0 spiro atoms. The van der Waals surface area contributed by atoms with Crippen LogP contribution in [0.2, 0.25) is 0 Å². The lowest BCUT2D eigenvalue weighted by molar-refractivity contribution is 0.0713. The van der Waals surface area contributed by atoms with Crippen molar-refractivity contribution in [3.8, 4) is 0 Å². The van der Waals surface area contributed by atoms with Crippen LogP contribution in [0.1, 0.15) is 34.7 Å². The minimum Gasteiger partial charge on any atom is -0.395 e. The Hall–Kier alpha value is -2.93. The number of aromatic nitrogens is 3. The van der Waals surface area contributed by atoms with Crippen molar-refractivity contribution in [3.63, 3.8) is 0 Å². The third-order valence-electron chi connectivity index (χ3n) is 5.60. The number of amides is 1.